The fraction of sp³-hybridized carbons (Fsp3) is 0.531. The van der Waals surface area contributed by atoms with Crippen molar-refractivity contribution in [3.63, 3.8) is 0 Å². The summed E-state index contributed by atoms with van der Waals surface area (Å²) in [5, 5.41) is 14.9. The van der Waals surface area contributed by atoms with Crippen molar-refractivity contribution in [2.24, 2.45) is 23.0 Å². The molecule has 1 aliphatic heterocycles. The first-order valence-corrected chi connectivity index (χ1v) is 14.7. The number of carboxylic acids is 1. The molecule has 3 aromatic rings. The van der Waals surface area contributed by atoms with E-state index in [9.17, 15) is 9.90 Å². The average molecular weight is 567 g/mol. The molecule has 1 aromatic heterocycles. The van der Waals surface area contributed by atoms with Gasteiger partial charge >= 0.3 is 5.97 Å². The molecule has 7 nitrogen and oxygen atoms in total. The van der Waals surface area contributed by atoms with Crippen molar-refractivity contribution in [2.75, 3.05) is 13.1 Å². The van der Waals surface area contributed by atoms with Crippen LogP contribution in [0.1, 0.15) is 78.0 Å². The summed E-state index contributed by atoms with van der Waals surface area (Å²) in [5.41, 5.74) is 9.35. The van der Waals surface area contributed by atoms with Crippen LogP contribution in [0.25, 0.3) is 22.8 Å². The average Bonchev–Trinajstić information content (AvgIpc) is 3.38. The van der Waals surface area contributed by atoms with E-state index in [1.54, 1.807) is 0 Å². The Kier molecular flexibility index (Phi) is 9.08. The SMILES string of the molecule is CC(C)Cc1ccc(-c2nc(-c3ccc(C(CC(C)(C)N)N4CCC(C(=O)O)(C(C)C)CC4)cc3)no2)cc1Cl. The Labute approximate surface area is 243 Å². The number of aliphatic carboxylic acids is 1. The Hall–Kier alpha value is -2.74. The first-order valence-electron chi connectivity index (χ1n) is 14.3. The number of piperidine rings is 1. The lowest BCUT2D eigenvalue weighted by atomic mass is 9.69. The third-order valence-electron chi connectivity index (χ3n) is 8.29. The molecular formula is C32H43ClN4O3. The van der Waals surface area contributed by atoms with Gasteiger partial charge in [-0.1, -0.05) is 74.8 Å². The molecule has 4 rings (SSSR count). The highest BCUT2D eigenvalue weighted by atomic mass is 35.5. The van der Waals surface area contributed by atoms with E-state index < -0.39 is 11.4 Å². The molecule has 2 heterocycles. The molecule has 1 saturated heterocycles. The number of rotatable bonds is 10. The maximum absolute atomic E-state index is 12.2. The zero-order valence-electron chi connectivity index (χ0n) is 24.6. The van der Waals surface area contributed by atoms with Gasteiger partial charge in [0.15, 0.2) is 0 Å². The molecule has 0 bridgehead atoms. The van der Waals surface area contributed by atoms with Gasteiger partial charge in [0.2, 0.25) is 5.82 Å². The molecule has 1 aliphatic rings. The van der Waals surface area contributed by atoms with Crippen LogP contribution in [0.2, 0.25) is 5.02 Å². The predicted molar refractivity (Wildman–Crippen MR) is 160 cm³/mol. The van der Waals surface area contributed by atoms with Crippen LogP contribution in [0, 0.1) is 17.3 Å². The Morgan fingerprint density at radius 3 is 2.25 bits per heavy atom. The molecule has 0 aliphatic carbocycles. The van der Waals surface area contributed by atoms with Gasteiger partial charge in [-0.25, -0.2) is 0 Å². The number of aromatic nitrogens is 2. The van der Waals surface area contributed by atoms with Gasteiger partial charge < -0.3 is 15.4 Å². The Morgan fingerprint density at radius 2 is 1.73 bits per heavy atom. The molecule has 0 radical (unpaired) electrons. The van der Waals surface area contributed by atoms with Crippen LogP contribution in [-0.4, -0.2) is 44.7 Å². The van der Waals surface area contributed by atoms with Crippen LogP contribution >= 0.6 is 11.6 Å². The van der Waals surface area contributed by atoms with Crippen LogP contribution in [-0.2, 0) is 11.2 Å². The monoisotopic (exact) mass is 566 g/mol. The van der Waals surface area contributed by atoms with Crippen molar-refractivity contribution in [3.8, 4) is 22.8 Å². The van der Waals surface area contributed by atoms with Crippen molar-refractivity contribution in [3.05, 3.63) is 58.6 Å². The van der Waals surface area contributed by atoms with E-state index in [1.165, 1.54) is 0 Å². The number of carbonyl (C=O) groups is 1. The molecule has 1 fully saturated rings. The second kappa shape index (κ2) is 12.0. The molecule has 1 unspecified atom stereocenters. The van der Waals surface area contributed by atoms with Gasteiger partial charge in [0.05, 0.1) is 5.41 Å². The van der Waals surface area contributed by atoms with Crippen LogP contribution < -0.4 is 5.73 Å². The zero-order chi connectivity index (χ0) is 29.2. The van der Waals surface area contributed by atoms with Gasteiger partial charge in [0.25, 0.3) is 5.89 Å². The zero-order valence-corrected chi connectivity index (χ0v) is 25.3. The molecule has 0 spiro atoms. The smallest absolute Gasteiger partial charge is 0.309 e. The summed E-state index contributed by atoms with van der Waals surface area (Å²) in [5.74, 6) is 0.867. The summed E-state index contributed by atoms with van der Waals surface area (Å²) in [6.07, 6.45) is 2.94. The van der Waals surface area contributed by atoms with Gasteiger partial charge in [-0.15, -0.1) is 0 Å². The van der Waals surface area contributed by atoms with E-state index >= 15 is 0 Å². The molecule has 2 aromatic carbocycles. The number of hydrogen-bond acceptors (Lipinski definition) is 6. The van der Waals surface area contributed by atoms with Crippen molar-refractivity contribution in [2.45, 2.75) is 78.8 Å². The maximum atomic E-state index is 12.2. The third kappa shape index (κ3) is 6.76. The number of benzene rings is 2. The van der Waals surface area contributed by atoms with Crippen LogP contribution in [0.4, 0.5) is 0 Å². The minimum atomic E-state index is -0.685. The molecule has 216 valence electrons. The molecule has 3 N–H and O–H groups in total. The Balaban J connectivity index is 1.53. The van der Waals surface area contributed by atoms with E-state index in [-0.39, 0.29) is 17.5 Å². The largest absolute Gasteiger partial charge is 0.481 e. The molecule has 0 amide bonds. The summed E-state index contributed by atoms with van der Waals surface area (Å²) >= 11 is 6.52. The second-order valence-electron chi connectivity index (χ2n) is 12.8. The maximum Gasteiger partial charge on any atom is 0.309 e. The Morgan fingerprint density at radius 1 is 1.10 bits per heavy atom. The fourth-order valence-electron chi connectivity index (χ4n) is 5.83. The van der Waals surface area contributed by atoms with Gasteiger partial charge in [-0.3, -0.25) is 9.69 Å². The minimum absolute atomic E-state index is 0.0836. The summed E-state index contributed by atoms with van der Waals surface area (Å²) in [6, 6.07) is 14.2. The fourth-order valence-corrected chi connectivity index (χ4v) is 6.08. The topological polar surface area (TPSA) is 105 Å². The van der Waals surface area contributed by atoms with E-state index in [2.05, 4.69) is 41.0 Å². The number of likely N-dealkylation sites (tertiary alicyclic amines) is 1. The predicted octanol–water partition coefficient (Wildman–Crippen LogP) is 7.25. The number of carboxylic acid groups (broad SMARTS) is 1. The van der Waals surface area contributed by atoms with Crippen molar-refractivity contribution < 1.29 is 14.4 Å². The first-order chi connectivity index (χ1) is 18.8. The van der Waals surface area contributed by atoms with Crippen molar-refractivity contribution in [1.82, 2.24) is 15.0 Å². The normalized spacial score (nSPS) is 16.9. The van der Waals surface area contributed by atoms with Gasteiger partial charge in [-0.2, -0.15) is 4.98 Å². The molecule has 40 heavy (non-hydrogen) atoms. The van der Waals surface area contributed by atoms with Crippen LogP contribution in [0.5, 0.6) is 0 Å². The number of nitrogens with two attached hydrogens (primary N) is 1. The van der Waals surface area contributed by atoms with Gasteiger partial charge in [0.1, 0.15) is 0 Å². The van der Waals surface area contributed by atoms with Gasteiger partial charge in [0, 0.05) is 27.7 Å². The highest BCUT2D eigenvalue weighted by molar-refractivity contribution is 6.31. The van der Waals surface area contributed by atoms with Crippen LogP contribution in [0.3, 0.4) is 0 Å². The van der Waals surface area contributed by atoms with E-state index in [1.807, 2.05) is 58.0 Å². The second-order valence-corrected chi connectivity index (χ2v) is 13.2. The highest BCUT2D eigenvalue weighted by Crippen LogP contribution is 2.42. The Bertz CT molecular complexity index is 1300. The van der Waals surface area contributed by atoms with Crippen LogP contribution in [0.15, 0.2) is 47.0 Å². The first kappa shape index (κ1) is 30.2. The summed E-state index contributed by atoms with van der Waals surface area (Å²) in [4.78, 5) is 19.2. The molecular weight excluding hydrogens is 524 g/mol. The van der Waals surface area contributed by atoms with Crippen molar-refractivity contribution >= 4 is 17.6 Å². The molecule has 0 saturated carbocycles. The lowest BCUT2D eigenvalue weighted by molar-refractivity contribution is -0.156. The number of halogens is 1. The summed E-state index contributed by atoms with van der Waals surface area (Å²) in [7, 11) is 0. The molecule has 8 heteroatoms. The standard InChI is InChI=1S/C32H43ClN4O3/c1-20(2)17-24-11-12-25(18-26(24)33)29-35-28(36-40-29)23-9-7-22(8-10-23)27(19-31(5,6)34)37-15-13-32(14-16-37,21(3)4)30(38)39/h7-12,18,20-21,27H,13-17,19,34H2,1-6H3,(H,38,39). The molecule has 1 atom stereocenters. The quantitative estimate of drug-likeness (QED) is 0.266. The summed E-state index contributed by atoms with van der Waals surface area (Å²) < 4.78 is 5.59. The van der Waals surface area contributed by atoms with E-state index in [0.717, 1.165) is 48.2 Å². The lowest BCUT2D eigenvalue weighted by Gasteiger charge is -2.45. The lowest BCUT2D eigenvalue weighted by Crippen LogP contribution is -2.49. The van der Waals surface area contributed by atoms with Gasteiger partial charge in [-0.05, 0) is 87.7 Å². The number of hydrogen-bond donors (Lipinski definition) is 2. The minimum Gasteiger partial charge on any atom is -0.481 e. The van der Waals surface area contributed by atoms with Crippen molar-refractivity contribution in [1.29, 1.82) is 0 Å². The summed E-state index contributed by atoms with van der Waals surface area (Å²) in [6.45, 7) is 13.9. The third-order valence-corrected chi connectivity index (χ3v) is 8.64. The highest BCUT2D eigenvalue weighted by Gasteiger charge is 2.45. The van der Waals surface area contributed by atoms with E-state index in [0.29, 0.717) is 35.5 Å². The van der Waals surface area contributed by atoms with E-state index in [4.69, 9.17) is 21.9 Å². The number of nitrogens with zero attached hydrogens (tertiary/aromatic N) is 3.